The lowest BCUT2D eigenvalue weighted by atomic mass is 10.1. The van der Waals surface area contributed by atoms with Crippen LogP contribution in [-0.4, -0.2) is 23.5 Å². The van der Waals surface area contributed by atoms with Crippen LogP contribution in [0.15, 0.2) is 24.3 Å². The number of carbonyl (C=O) groups excluding carboxylic acids is 1. The van der Waals surface area contributed by atoms with Crippen molar-refractivity contribution in [3.8, 4) is 0 Å². The van der Waals surface area contributed by atoms with Crippen LogP contribution in [0.2, 0.25) is 0 Å². The molecule has 1 atom stereocenters. The number of hydrogen-bond donors (Lipinski definition) is 2. The highest BCUT2D eigenvalue weighted by Crippen LogP contribution is 2.10. The van der Waals surface area contributed by atoms with E-state index in [1.54, 1.807) is 19.1 Å². The lowest BCUT2D eigenvalue weighted by Crippen LogP contribution is -2.15. The smallest absolute Gasteiger partial charge is 0.162 e. The van der Waals surface area contributed by atoms with Crippen molar-refractivity contribution in [2.45, 2.75) is 26.4 Å². The van der Waals surface area contributed by atoms with E-state index in [1.165, 1.54) is 0 Å². The highest BCUT2D eigenvalue weighted by Gasteiger charge is 2.02. The van der Waals surface area contributed by atoms with Crippen molar-refractivity contribution in [1.82, 2.24) is 0 Å². The molecule has 15 heavy (non-hydrogen) atoms. The van der Waals surface area contributed by atoms with Crippen molar-refractivity contribution in [2.24, 2.45) is 0 Å². The van der Waals surface area contributed by atoms with E-state index in [0.29, 0.717) is 13.0 Å². The van der Waals surface area contributed by atoms with Gasteiger partial charge in [0.1, 0.15) is 0 Å². The van der Waals surface area contributed by atoms with Gasteiger partial charge in [-0.05, 0) is 31.2 Å². The van der Waals surface area contributed by atoms with Crippen molar-refractivity contribution < 1.29 is 9.90 Å². The van der Waals surface area contributed by atoms with Gasteiger partial charge in [0.2, 0.25) is 0 Å². The molecule has 0 fully saturated rings. The monoisotopic (exact) mass is 207 g/mol. The molecule has 1 aromatic carbocycles. The van der Waals surface area contributed by atoms with E-state index in [0.717, 1.165) is 11.3 Å². The minimum Gasteiger partial charge on any atom is -0.392 e. The zero-order chi connectivity index (χ0) is 11.3. The number of benzene rings is 1. The average Bonchev–Trinajstić information content (AvgIpc) is 2.26. The van der Waals surface area contributed by atoms with E-state index < -0.39 is 0 Å². The van der Waals surface area contributed by atoms with Crippen molar-refractivity contribution in [1.29, 1.82) is 0 Å². The van der Waals surface area contributed by atoms with Crippen LogP contribution in [0.5, 0.6) is 0 Å². The zero-order valence-corrected chi connectivity index (χ0v) is 9.16. The lowest BCUT2D eigenvalue weighted by Gasteiger charge is -2.08. The predicted octanol–water partition coefficient (Wildman–Crippen LogP) is 2.07. The number of Topliss-reactive ketones (excluding diaryl/α,β-unsaturated/α-hetero) is 1. The van der Waals surface area contributed by atoms with Gasteiger partial charge < -0.3 is 10.4 Å². The first-order valence-corrected chi connectivity index (χ1v) is 5.18. The molecule has 0 saturated carbocycles. The minimum absolute atomic E-state index is 0.150. The maximum absolute atomic E-state index is 11.3. The van der Waals surface area contributed by atoms with Gasteiger partial charge in [-0.25, -0.2) is 0 Å². The molecule has 0 aliphatic rings. The van der Waals surface area contributed by atoms with E-state index in [4.69, 9.17) is 5.11 Å². The number of aliphatic hydroxyl groups is 1. The number of ketones is 1. The molecule has 0 saturated heterocycles. The molecule has 0 bridgehead atoms. The number of hydrogen-bond acceptors (Lipinski definition) is 3. The van der Waals surface area contributed by atoms with Crippen LogP contribution < -0.4 is 5.32 Å². The van der Waals surface area contributed by atoms with Gasteiger partial charge in [0.05, 0.1) is 6.10 Å². The first-order valence-electron chi connectivity index (χ1n) is 5.18. The third kappa shape index (κ3) is 3.72. The second kappa shape index (κ2) is 5.51. The minimum atomic E-state index is -0.373. The normalized spacial score (nSPS) is 12.2. The molecule has 0 amide bonds. The zero-order valence-electron chi connectivity index (χ0n) is 9.16. The Kier molecular flexibility index (Phi) is 4.31. The molecule has 3 heteroatoms. The van der Waals surface area contributed by atoms with Gasteiger partial charge in [-0.1, -0.05) is 6.92 Å². The van der Waals surface area contributed by atoms with Gasteiger partial charge in [-0.15, -0.1) is 0 Å². The number of aliphatic hydroxyl groups excluding tert-OH is 1. The molecule has 0 radical (unpaired) electrons. The molecule has 0 spiro atoms. The summed E-state index contributed by atoms with van der Waals surface area (Å²) in [6.45, 7) is 4.09. The largest absolute Gasteiger partial charge is 0.392 e. The van der Waals surface area contributed by atoms with Gasteiger partial charge >= 0.3 is 0 Å². The molecule has 0 aromatic heterocycles. The second-order valence-electron chi connectivity index (χ2n) is 3.58. The average molecular weight is 207 g/mol. The first-order chi connectivity index (χ1) is 7.13. The molecule has 2 N–H and O–H groups in total. The molecule has 1 rings (SSSR count). The van der Waals surface area contributed by atoms with E-state index in [-0.39, 0.29) is 11.9 Å². The Morgan fingerprint density at radius 3 is 2.47 bits per heavy atom. The van der Waals surface area contributed by atoms with Crippen molar-refractivity contribution in [3.63, 3.8) is 0 Å². The van der Waals surface area contributed by atoms with Crippen LogP contribution in [0.25, 0.3) is 0 Å². The Labute approximate surface area is 90.1 Å². The summed E-state index contributed by atoms with van der Waals surface area (Å²) in [5, 5.41) is 12.1. The van der Waals surface area contributed by atoms with Gasteiger partial charge in [-0.2, -0.15) is 0 Å². The highest BCUT2D eigenvalue weighted by atomic mass is 16.3. The maximum atomic E-state index is 11.3. The van der Waals surface area contributed by atoms with Gasteiger partial charge in [0, 0.05) is 24.2 Å². The standard InChI is InChI=1S/C12H17NO2/c1-3-12(15)10-4-6-11(7-5-10)13-8-9(2)14/h4-7,9,13-14H,3,8H2,1-2H3. The summed E-state index contributed by atoms with van der Waals surface area (Å²) in [6, 6.07) is 7.31. The van der Waals surface area contributed by atoms with Crippen molar-refractivity contribution in [2.75, 3.05) is 11.9 Å². The van der Waals surface area contributed by atoms with Crippen LogP contribution in [0.1, 0.15) is 30.6 Å². The highest BCUT2D eigenvalue weighted by molar-refractivity contribution is 5.96. The summed E-state index contributed by atoms with van der Waals surface area (Å²) in [5.41, 5.74) is 1.66. The Hall–Kier alpha value is -1.35. The van der Waals surface area contributed by atoms with Crippen LogP contribution in [-0.2, 0) is 0 Å². The fourth-order valence-electron chi connectivity index (χ4n) is 1.24. The van der Waals surface area contributed by atoms with E-state index in [9.17, 15) is 4.79 Å². The number of nitrogens with one attached hydrogen (secondary N) is 1. The summed E-state index contributed by atoms with van der Waals surface area (Å²) >= 11 is 0. The summed E-state index contributed by atoms with van der Waals surface area (Å²) in [4.78, 5) is 11.3. The first kappa shape index (κ1) is 11.7. The Bertz CT molecular complexity index is 317. The molecule has 0 aliphatic carbocycles. The third-order valence-electron chi connectivity index (χ3n) is 2.13. The Morgan fingerprint density at radius 1 is 1.40 bits per heavy atom. The van der Waals surface area contributed by atoms with E-state index in [1.807, 2.05) is 19.1 Å². The van der Waals surface area contributed by atoms with Crippen LogP contribution in [0.4, 0.5) is 5.69 Å². The SMILES string of the molecule is CCC(=O)c1ccc(NCC(C)O)cc1. The van der Waals surface area contributed by atoms with Gasteiger partial charge in [-0.3, -0.25) is 4.79 Å². The van der Waals surface area contributed by atoms with Crippen LogP contribution in [0.3, 0.4) is 0 Å². The van der Waals surface area contributed by atoms with Crippen molar-refractivity contribution >= 4 is 11.5 Å². The van der Waals surface area contributed by atoms with E-state index in [2.05, 4.69) is 5.32 Å². The van der Waals surface area contributed by atoms with Gasteiger partial charge in [0.25, 0.3) is 0 Å². The number of anilines is 1. The molecule has 0 aliphatic heterocycles. The molecule has 1 aromatic rings. The molecule has 3 nitrogen and oxygen atoms in total. The summed E-state index contributed by atoms with van der Waals surface area (Å²) in [5.74, 6) is 0.150. The number of carbonyl (C=O) groups is 1. The van der Waals surface area contributed by atoms with Gasteiger partial charge in [0.15, 0.2) is 5.78 Å². The topological polar surface area (TPSA) is 49.3 Å². The lowest BCUT2D eigenvalue weighted by molar-refractivity contribution is 0.0988. The Balaban J connectivity index is 2.60. The van der Waals surface area contributed by atoms with Crippen molar-refractivity contribution in [3.05, 3.63) is 29.8 Å². The number of rotatable bonds is 5. The van der Waals surface area contributed by atoms with E-state index >= 15 is 0 Å². The molecular formula is C12H17NO2. The third-order valence-corrected chi connectivity index (χ3v) is 2.13. The molecule has 1 unspecified atom stereocenters. The second-order valence-corrected chi connectivity index (χ2v) is 3.58. The fourth-order valence-corrected chi connectivity index (χ4v) is 1.24. The maximum Gasteiger partial charge on any atom is 0.162 e. The van der Waals surface area contributed by atoms with Crippen LogP contribution >= 0.6 is 0 Å². The summed E-state index contributed by atoms with van der Waals surface area (Å²) < 4.78 is 0. The fraction of sp³-hybridized carbons (Fsp3) is 0.417. The predicted molar refractivity (Wildman–Crippen MR) is 61.2 cm³/mol. The quantitative estimate of drug-likeness (QED) is 0.727. The van der Waals surface area contributed by atoms with Crippen LogP contribution in [0, 0.1) is 0 Å². The molecule has 0 heterocycles. The molecular weight excluding hydrogens is 190 g/mol. The Morgan fingerprint density at radius 2 is 2.00 bits per heavy atom. The summed E-state index contributed by atoms with van der Waals surface area (Å²) in [6.07, 6.45) is 0.155. The molecule has 82 valence electrons. The summed E-state index contributed by atoms with van der Waals surface area (Å²) in [7, 11) is 0.